The first kappa shape index (κ1) is 23.4. The molecule has 0 bridgehead atoms. The third kappa shape index (κ3) is 9.47. The maximum absolute atomic E-state index is 10.5. The Morgan fingerprint density at radius 1 is 1.17 bits per heavy atom. The van der Waals surface area contributed by atoms with Gasteiger partial charge in [-0.2, -0.15) is 0 Å². The molecule has 0 aliphatic carbocycles. The van der Waals surface area contributed by atoms with Gasteiger partial charge in [-0.05, 0) is 42.6 Å². The quantitative estimate of drug-likeness (QED) is 0.259. The fraction of sp³-hybridized carbons (Fsp3) is 0.889. The molecule has 1 N–H and O–H groups in total. The molecule has 0 aliphatic rings. The van der Waals surface area contributed by atoms with Gasteiger partial charge in [0.05, 0.1) is 12.4 Å². The van der Waals surface area contributed by atoms with E-state index in [4.69, 9.17) is 4.43 Å². The summed E-state index contributed by atoms with van der Waals surface area (Å²) >= 11 is 3.64. The summed E-state index contributed by atoms with van der Waals surface area (Å²) in [7, 11) is -3.03. The molecule has 0 aliphatic heterocycles. The first-order valence-corrected chi connectivity index (χ1v) is 16.4. The Kier molecular flexibility index (Phi) is 9.37. The van der Waals surface area contributed by atoms with Gasteiger partial charge in [0, 0.05) is 12.9 Å². The lowest BCUT2D eigenvalue weighted by molar-refractivity contribution is 0.169. The van der Waals surface area contributed by atoms with E-state index in [2.05, 4.69) is 76.4 Å². The summed E-state index contributed by atoms with van der Waals surface area (Å²) in [6, 6.07) is 1.09. The molecular weight excluding hydrogens is 384 g/mol. The topological polar surface area (TPSA) is 29.5 Å². The molecule has 0 aromatic rings. The number of hydrogen-bond donors (Lipinski definition) is 1. The Morgan fingerprint density at radius 3 is 2.09 bits per heavy atom. The average molecular weight is 424 g/mol. The van der Waals surface area contributed by atoms with Crippen LogP contribution in [-0.2, 0) is 4.43 Å². The fourth-order valence-corrected chi connectivity index (χ4v) is 5.16. The second-order valence-corrected chi connectivity index (χ2v) is 20.9. The normalized spacial score (nSPS) is 17.1. The fourth-order valence-electron chi connectivity index (χ4n) is 2.12. The highest BCUT2D eigenvalue weighted by Gasteiger charge is 2.38. The predicted molar refractivity (Wildman–Crippen MR) is 113 cm³/mol. The smallest absolute Gasteiger partial charge is 0.249 e. The van der Waals surface area contributed by atoms with Gasteiger partial charge in [-0.25, -0.2) is 0 Å². The van der Waals surface area contributed by atoms with Gasteiger partial charge in [-0.3, -0.25) is 0 Å². The average Bonchev–Trinajstić information content (AvgIpc) is 2.33. The van der Waals surface area contributed by atoms with Crippen molar-refractivity contribution in [2.45, 2.75) is 102 Å². The second kappa shape index (κ2) is 9.21. The van der Waals surface area contributed by atoms with Gasteiger partial charge in [-0.1, -0.05) is 69.7 Å². The summed E-state index contributed by atoms with van der Waals surface area (Å²) in [5.41, 5.74) is 1.28. The minimum Gasteiger partial charge on any atom is -0.549 e. The van der Waals surface area contributed by atoms with Crippen LogP contribution in [0.15, 0.2) is 11.8 Å². The molecule has 0 heterocycles. The van der Waals surface area contributed by atoms with Crippen molar-refractivity contribution in [1.29, 1.82) is 0 Å². The molecule has 0 aromatic heterocycles. The number of rotatable bonds is 9. The van der Waals surface area contributed by atoms with Crippen LogP contribution in [0.5, 0.6) is 0 Å². The van der Waals surface area contributed by atoms with E-state index in [1.54, 1.807) is 0 Å². The van der Waals surface area contributed by atoms with Crippen LogP contribution in [0.25, 0.3) is 0 Å². The molecule has 2 nitrogen and oxygen atoms in total. The van der Waals surface area contributed by atoms with Crippen molar-refractivity contribution >= 4 is 32.3 Å². The Bertz CT molecular complexity index is 381. The summed E-state index contributed by atoms with van der Waals surface area (Å²) in [5, 5.41) is 10.7. The summed E-state index contributed by atoms with van der Waals surface area (Å²) in [4.78, 5) is 0.172. The third-order valence-corrected chi connectivity index (χ3v) is 11.4. The Balaban J connectivity index is 5.12. The standard InChI is InChI=1S/C18H39BrO2Si2/c1-10-11-16(19)17(20)12-15(14-22(5,6)7)13-21-23(8,9)18(2,3)4/h13,16-17,20H,10-12,14H2,1-9H3/b15-13-/t16-,17+/m1/s1. The highest BCUT2D eigenvalue weighted by atomic mass is 79.9. The van der Waals surface area contributed by atoms with Crippen LogP contribution in [0.2, 0.25) is 43.8 Å². The second-order valence-electron chi connectivity index (χ2n) is 9.47. The SMILES string of the molecule is CCC[C@@H](Br)[C@@H](O)C/C(=C/O[Si](C)(C)C(C)(C)C)C[Si](C)(C)C. The molecular formula is C18H39BrO2Si2. The minimum atomic E-state index is -1.79. The van der Waals surface area contributed by atoms with Crippen LogP contribution in [0.4, 0.5) is 0 Å². The summed E-state index contributed by atoms with van der Waals surface area (Å²) in [6.07, 6.45) is 4.48. The molecule has 23 heavy (non-hydrogen) atoms. The van der Waals surface area contributed by atoms with Crippen molar-refractivity contribution in [3.8, 4) is 0 Å². The Morgan fingerprint density at radius 2 is 1.70 bits per heavy atom. The van der Waals surface area contributed by atoms with Gasteiger partial charge in [-0.15, -0.1) is 0 Å². The van der Waals surface area contributed by atoms with Crippen LogP contribution in [0.3, 0.4) is 0 Å². The third-order valence-electron chi connectivity index (χ3n) is 4.54. The summed E-state index contributed by atoms with van der Waals surface area (Å²) in [6.45, 7) is 20.6. The van der Waals surface area contributed by atoms with Gasteiger partial charge < -0.3 is 9.53 Å². The van der Waals surface area contributed by atoms with Crippen LogP contribution in [0, 0.1) is 0 Å². The lowest BCUT2D eigenvalue weighted by Gasteiger charge is -2.35. The van der Waals surface area contributed by atoms with Gasteiger partial charge in [0.25, 0.3) is 0 Å². The molecule has 2 atom stereocenters. The zero-order valence-corrected chi connectivity index (χ0v) is 20.4. The lowest BCUT2D eigenvalue weighted by atomic mass is 10.1. The molecule has 5 heteroatoms. The van der Waals surface area contributed by atoms with E-state index in [1.807, 2.05) is 6.26 Å². The van der Waals surface area contributed by atoms with Crippen LogP contribution in [-0.4, -0.2) is 32.4 Å². The zero-order chi connectivity index (χ0) is 18.5. The summed E-state index contributed by atoms with van der Waals surface area (Å²) < 4.78 is 6.32. The molecule has 0 amide bonds. The zero-order valence-electron chi connectivity index (χ0n) is 16.8. The van der Waals surface area contributed by atoms with E-state index in [-0.39, 0.29) is 16.0 Å². The molecule has 0 radical (unpaired) electrons. The minimum absolute atomic E-state index is 0.172. The van der Waals surface area contributed by atoms with Crippen molar-refractivity contribution in [3.05, 3.63) is 11.8 Å². The van der Waals surface area contributed by atoms with Crippen LogP contribution < -0.4 is 0 Å². The van der Waals surface area contributed by atoms with E-state index in [9.17, 15) is 5.11 Å². The van der Waals surface area contributed by atoms with Crippen molar-refractivity contribution < 1.29 is 9.53 Å². The Labute approximate surface area is 155 Å². The van der Waals surface area contributed by atoms with E-state index < -0.39 is 16.4 Å². The van der Waals surface area contributed by atoms with Gasteiger partial charge in [0.15, 0.2) is 0 Å². The van der Waals surface area contributed by atoms with Gasteiger partial charge in [0.1, 0.15) is 0 Å². The van der Waals surface area contributed by atoms with Gasteiger partial charge in [0.2, 0.25) is 8.32 Å². The number of aliphatic hydroxyl groups excluding tert-OH is 1. The lowest BCUT2D eigenvalue weighted by Crippen LogP contribution is -2.39. The number of alkyl halides is 1. The Hall–Kier alpha value is 0.414. The molecule has 0 fully saturated rings. The van der Waals surface area contributed by atoms with E-state index in [0.29, 0.717) is 0 Å². The molecule has 0 saturated heterocycles. The molecule has 0 saturated carbocycles. The number of aliphatic hydroxyl groups is 1. The van der Waals surface area contributed by atoms with Crippen molar-refractivity contribution in [2.75, 3.05) is 0 Å². The molecule has 0 spiro atoms. The highest BCUT2D eigenvalue weighted by Crippen LogP contribution is 2.37. The molecule has 0 aromatic carbocycles. The predicted octanol–water partition coefficient (Wildman–Crippen LogP) is 6.54. The van der Waals surface area contributed by atoms with Gasteiger partial charge >= 0.3 is 0 Å². The van der Waals surface area contributed by atoms with Crippen molar-refractivity contribution in [1.82, 2.24) is 0 Å². The molecule has 138 valence electrons. The summed E-state index contributed by atoms with van der Waals surface area (Å²) in [5.74, 6) is 0. The molecule has 0 unspecified atom stereocenters. The first-order chi connectivity index (χ1) is 10.2. The van der Waals surface area contributed by atoms with E-state index >= 15 is 0 Å². The van der Waals surface area contributed by atoms with Crippen LogP contribution >= 0.6 is 15.9 Å². The van der Waals surface area contributed by atoms with Crippen molar-refractivity contribution in [2.24, 2.45) is 0 Å². The monoisotopic (exact) mass is 422 g/mol. The largest absolute Gasteiger partial charge is 0.549 e. The van der Waals surface area contributed by atoms with Crippen molar-refractivity contribution in [3.63, 3.8) is 0 Å². The highest BCUT2D eigenvalue weighted by molar-refractivity contribution is 9.09. The van der Waals surface area contributed by atoms with Crippen LogP contribution in [0.1, 0.15) is 47.0 Å². The number of hydrogen-bond acceptors (Lipinski definition) is 2. The first-order valence-electron chi connectivity index (χ1n) is 8.87. The maximum atomic E-state index is 10.5. The van der Waals surface area contributed by atoms with E-state index in [1.165, 1.54) is 5.57 Å². The van der Waals surface area contributed by atoms with E-state index in [0.717, 1.165) is 25.3 Å². The number of halogens is 1. The molecule has 0 rings (SSSR count). The maximum Gasteiger partial charge on any atom is 0.249 e.